The summed E-state index contributed by atoms with van der Waals surface area (Å²) >= 11 is 0. The van der Waals surface area contributed by atoms with E-state index in [0.717, 1.165) is 0 Å². The van der Waals surface area contributed by atoms with Gasteiger partial charge in [-0.05, 0) is 5.92 Å². The highest BCUT2D eigenvalue weighted by molar-refractivity contribution is 5.03. The highest BCUT2D eigenvalue weighted by Gasteiger charge is 2.55. The van der Waals surface area contributed by atoms with Crippen molar-refractivity contribution in [2.75, 3.05) is 13.2 Å². The minimum atomic E-state index is -3.03. The van der Waals surface area contributed by atoms with Gasteiger partial charge in [0.15, 0.2) is 0 Å². The van der Waals surface area contributed by atoms with E-state index in [9.17, 15) is 15.3 Å². The van der Waals surface area contributed by atoms with E-state index in [2.05, 4.69) is 0 Å². The third kappa shape index (κ3) is 2.98. The van der Waals surface area contributed by atoms with E-state index in [4.69, 9.17) is 25.2 Å². The lowest BCUT2D eigenvalue weighted by atomic mass is 9.74. The van der Waals surface area contributed by atoms with Crippen LogP contribution >= 0.6 is 0 Å². The van der Waals surface area contributed by atoms with Crippen molar-refractivity contribution < 1.29 is 40.5 Å². The van der Waals surface area contributed by atoms with Crippen LogP contribution in [0.15, 0.2) is 0 Å². The summed E-state index contributed by atoms with van der Waals surface area (Å²) in [6.45, 7) is 0.439. The molecule has 8 heteroatoms. The molecule has 0 spiro atoms. The summed E-state index contributed by atoms with van der Waals surface area (Å²) in [5.74, 6) is -4.09. The van der Waals surface area contributed by atoms with Gasteiger partial charge in [0.05, 0.1) is 13.2 Å². The number of aliphatic hydroxyl groups is 7. The molecule has 1 aliphatic heterocycles. The Morgan fingerprint density at radius 3 is 2.33 bits per heavy atom. The van der Waals surface area contributed by atoms with E-state index >= 15 is 0 Å². The molecule has 0 aromatic carbocycles. The highest BCUT2D eigenvalue weighted by Crippen LogP contribution is 2.36. The quantitative estimate of drug-likeness (QED) is 0.259. The molecule has 1 saturated heterocycles. The number of hydrogen-bond acceptors (Lipinski definition) is 8. The van der Waals surface area contributed by atoms with Crippen LogP contribution in [0.3, 0.4) is 0 Å². The molecule has 1 fully saturated rings. The molecule has 0 radical (unpaired) electrons. The first kappa shape index (κ1) is 15.7. The maximum atomic E-state index is 10.4. The molecule has 108 valence electrons. The normalized spacial score (nSPS) is 39.7. The molecule has 0 saturated carbocycles. The monoisotopic (exact) mass is 268 g/mol. The number of rotatable bonds is 4. The summed E-state index contributed by atoms with van der Waals surface area (Å²) in [7, 11) is 0. The summed E-state index contributed by atoms with van der Waals surface area (Å²) in [5.41, 5.74) is -2.11. The van der Waals surface area contributed by atoms with Crippen molar-refractivity contribution in [3.63, 3.8) is 0 Å². The first-order chi connectivity index (χ1) is 8.13. The van der Waals surface area contributed by atoms with Crippen LogP contribution in [0, 0.1) is 5.92 Å². The van der Waals surface area contributed by atoms with E-state index in [-0.39, 0.29) is 6.61 Å². The van der Waals surface area contributed by atoms with Crippen molar-refractivity contribution in [3.8, 4) is 0 Å². The third-order valence-electron chi connectivity index (χ3n) is 3.36. The Morgan fingerprint density at radius 1 is 1.33 bits per heavy atom. The fourth-order valence-electron chi connectivity index (χ4n) is 2.32. The molecule has 0 bridgehead atoms. The standard InChI is InChI=1S/C10H20O8/c1-5(2-9(14,15)16)10(17)7(3-11)18-4-6(12)8(10)13/h5-8,11-17H,2-4H2,1H3/t5?,6-,7+,8+,10+/m0/s1. The van der Waals surface area contributed by atoms with Gasteiger partial charge in [-0.2, -0.15) is 0 Å². The fourth-order valence-corrected chi connectivity index (χ4v) is 2.32. The molecule has 0 amide bonds. The average Bonchev–Trinajstić information content (AvgIpc) is 2.24. The molecule has 1 rings (SSSR count). The smallest absolute Gasteiger partial charge is 0.275 e. The van der Waals surface area contributed by atoms with Crippen LogP contribution in [0.4, 0.5) is 0 Å². The lowest BCUT2D eigenvalue weighted by Gasteiger charge is -2.48. The Morgan fingerprint density at radius 2 is 1.89 bits per heavy atom. The van der Waals surface area contributed by atoms with Crippen molar-refractivity contribution >= 4 is 0 Å². The summed E-state index contributed by atoms with van der Waals surface area (Å²) in [4.78, 5) is 0. The van der Waals surface area contributed by atoms with Gasteiger partial charge in [0.1, 0.15) is 23.9 Å². The molecule has 0 aromatic rings. The summed E-state index contributed by atoms with van der Waals surface area (Å²) in [6.07, 6.45) is -4.90. The van der Waals surface area contributed by atoms with Crippen LogP contribution < -0.4 is 0 Å². The zero-order chi connectivity index (χ0) is 14.1. The van der Waals surface area contributed by atoms with Gasteiger partial charge >= 0.3 is 0 Å². The second-order valence-corrected chi connectivity index (χ2v) is 4.78. The Balaban J connectivity index is 2.95. The first-order valence-corrected chi connectivity index (χ1v) is 5.61. The van der Waals surface area contributed by atoms with Gasteiger partial charge < -0.3 is 40.5 Å². The molecular formula is C10H20O8. The van der Waals surface area contributed by atoms with Crippen molar-refractivity contribution in [1.29, 1.82) is 0 Å². The zero-order valence-electron chi connectivity index (χ0n) is 9.97. The maximum absolute atomic E-state index is 10.4. The summed E-state index contributed by atoms with van der Waals surface area (Å²) < 4.78 is 5.01. The molecule has 7 N–H and O–H groups in total. The fraction of sp³-hybridized carbons (Fsp3) is 1.00. The van der Waals surface area contributed by atoms with Crippen LogP contribution in [0.1, 0.15) is 13.3 Å². The minimum absolute atomic E-state index is 0.260. The van der Waals surface area contributed by atoms with Gasteiger partial charge in [-0.15, -0.1) is 0 Å². The van der Waals surface area contributed by atoms with Crippen molar-refractivity contribution in [1.82, 2.24) is 0 Å². The molecule has 1 heterocycles. The Kier molecular flexibility index (Phi) is 4.68. The van der Waals surface area contributed by atoms with Crippen LogP contribution in [-0.4, -0.2) is 78.8 Å². The highest BCUT2D eigenvalue weighted by atomic mass is 16.7. The van der Waals surface area contributed by atoms with Crippen LogP contribution in [0.25, 0.3) is 0 Å². The van der Waals surface area contributed by atoms with Crippen molar-refractivity contribution in [2.45, 2.75) is 43.2 Å². The van der Waals surface area contributed by atoms with Crippen LogP contribution in [0.2, 0.25) is 0 Å². The van der Waals surface area contributed by atoms with E-state index < -0.39 is 48.8 Å². The van der Waals surface area contributed by atoms with Gasteiger partial charge in [-0.25, -0.2) is 0 Å². The Bertz CT molecular complexity index is 274. The van der Waals surface area contributed by atoms with Gasteiger partial charge in [0.2, 0.25) is 0 Å². The predicted molar refractivity (Wildman–Crippen MR) is 57.0 cm³/mol. The molecular weight excluding hydrogens is 248 g/mol. The molecule has 1 aliphatic rings. The van der Waals surface area contributed by atoms with Crippen molar-refractivity contribution in [2.24, 2.45) is 5.92 Å². The summed E-state index contributed by atoms with van der Waals surface area (Å²) in [6, 6.07) is 0. The van der Waals surface area contributed by atoms with E-state index in [1.54, 1.807) is 0 Å². The minimum Gasteiger partial charge on any atom is -0.394 e. The third-order valence-corrected chi connectivity index (χ3v) is 3.36. The lowest BCUT2D eigenvalue weighted by Crippen LogP contribution is -2.67. The molecule has 0 aliphatic carbocycles. The van der Waals surface area contributed by atoms with Gasteiger partial charge in [-0.1, -0.05) is 6.92 Å². The maximum Gasteiger partial charge on any atom is 0.275 e. The Labute approximate surface area is 104 Å². The van der Waals surface area contributed by atoms with Crippen LogP contribution in [-0.2, 0) is 4.74 Å². The van der Waals surface area contributed by atoms with E-state index in [1.165, 1.54) is 6.92 Å². The van der Waals surface area contributed by atoms with Gasteiger partial charge in [0.25, 0.3) is 5.97 Å². The average molecular weight is 268 g/mol. The first-order valence-electron chi connectivity index (χ1n) is 5.61. The zero-order valence-corrected chi connectivity index (χ0v) is 9.97. The number of aliphatic hydroxyl groups excluding tert-OH is 3. The molecule has 0 aromatic heterocycles. The number of hydrogen-bond donors (Lipinski definition) is 7. The SMILES string of the molecule is CC(CC(O)(O)O)[C@]1(O)[C@H](O)[C@@H](O)CO[C@@H]1CO. The van der Waals surface area contributed by atoms with Gasteiger partial charge in [-0.3, -0.25) is 0 Å². The second-order valence-electron chi connectivity index (χ2n) is 4.78. The topological polar surface area (TPSA) is 151 Å². The molecule has 18 heavy (non-hydrogen) atoms. The predicted octanol–water partition coefficient (Wildman–Crippen LogP) is -3.51. The Hall–Kier alpha value is -0.320. The molecule has 5 atom stereocenters. The lowest BCUT2D eigenvalue weighted by molar-refractivity contribution is -0.337. The number of ether oxygens (including phenoxy) is 1. The van der Waals surface area contributed by atoms with E-state index in [1.807, 2.05) is 0 Å². The van der Waals surface area contributed by atoms with E-state index in [0.29, 0.717) is 0 Å². The van der Waals surface area contributed by atoms with Crippen LogP contribution in [0.5, 0.6) is 0 Å². The van der Waals surface area contributed by atoms with Crippen molar-refractivity contribution in [3.05, 3.63) is 0 Å². The second kappa shape index (κ2) is 5.35. The van der Waals surface area contributed by atoms with Gasteiger partial charge in [0, 0.05) is 6.42 Å². The largest absolute Gasteiger partial charge is 0.394 e. The molecule has 1 unspecified atom stereocenters. The summed E-state index contributed by atoms with van der Waals surface area (Å²) in [5, 5.41) is 65.5. The molecule has 8 nitrogen and oxygen atoms in total.